The zero-order valence-corrected chi connectivity index (χ0v) is 23.5. The van der Waals surface area contributed by atoms with E-state index in [0.29, 0.717) is 21.1 Å². The molecule has 4 atom stereocenters. The lowest BCUT2D eigenvalue weighted by molar-refractivity contribution is 0.357. The van der Waals surface area contributed by atoms with Crippen LogP contribution < -0.4 is 0 Å². The zero-order chi connectivity index (χ0) is 22.0. The molecule has 0 aromatic heterocycles. The second kappa shape index (κ2) is 11.1. The van der Waals surface area contributed by atoms with Crippen LogP contribution in [0.1, 0.15) is 129 Å². The standard InChI is InChI=1S/2C13H27P.CH4/c2*1-12(2,3)11-9-7-8-10-14(11)13(4,5)6;/h2*11H,7-10H2,1-6H3;1H4. The summed E-state index contributed by atoms with van der Waals surface area (Å²) in [6.45, 7) is 29.3. The van der Waals surface area contributed by atoms with Gasteiger partial charge in [-0.25, -0.2) is 0 Å². The molecule has 176 valence electrons. The highest BCUT2D eigenvalue weighted by atomic mass is 31.1. The lowest BCUT2D eigenvalue weighted by Gasteiger charge is -2.47. The summed E-state index contributed by atoms with van der Waals surface area (Å²) in [5.41, 5.74) is 3.04. The highest BCUT2D eigenvalue weighted by Gasteiger charge is 2.40. The molecular formula is C27H58P2. The molecule has 0 nitrogen and oxygen atoms in total. The molecule has 29 heavy (non-hydrogen) atoms. The summed E-state index contributed by atoms with van der Waals surface area (Å²) in [4.78, 5) is 0. The van der Waals surface area contributed by atoms with E-state index in [1.807, 2.05) is 0 Å². The van der Waals surface area contributed by atoms with E-state index in [0.717, 1.165) is 11.3 Å². The van der Waals surface area contributed by atoms with Gasteiger partial charge in [-0.15, -0.1) is 0 Å². The second-order valence-electron chi connectivity index (χ2n) is 13.5. The molecule has 0 radical (unpaired) electrons. The highest BCUT2D eigenvalue weighted by molar-refractivity contribution is 7.60. The van der Waals surface area contributed by atoms with Gasteiger partial charge in [-0.3, -0.25) is 0 Å². The normalized spacial score (nSPS) is 29.4. The van der Waals surface area contributed by atoms with E-state index < -0.39 is 0 Å². The predicted octanol–water partition coefficient (Wildman–Crippen LogP) is 10.4. The van der Waals surface area contributed by atoms with Crippen LogP contribution in [-0.2, 0) is 0 Å². The van der Waals surface area contributed by atoms with Crippen molar-refractivity contribution in [1.82, 2.24) is 0 Å². The van der Waals surface area contributed by atoms with Crippen molar-refractivity contribution in [2.75, 3.05) is 12.3 Å². The maximum atomic E-state index is 2.45. The Morgan fingerprint density at radius 1 is 0.483 bits per heavy atom. The first-order valence-electron chi connectivity index (χ1n) is 12.0. The van der Waals surface area contributed by atoms with E-state index in [1.54, 1.807) is 0 Å². The van der Waals surface area contributed by atoms with Crippen LogP contribution in [0.25, 0.3) is 0 Å². The maximum absolute atomic E-state index is 2.45. The summed E-state index contributed by atoms with van der Waals surface area (Å²) < 4.78 is 0. The van der Waals surface area contributed by atoms with Gasteiger partial charge in [0.25, 0.3) is 0 Å². The molecule has 0 aromatic rings. The van der Waals surface area contributed by atoms with Crippen LogP contribution in [0, 0.1) is 10.8 Å². The Morgan fingerprint density at radius 2 is 0.759 bits per heavy atom. The Hall–Kier alpha value is 0.860. The average Bonchev–Trinajstić information content (AvgIpc) is 2.52. The third kappa shape index (κ3) is 9.48. The third-order valence-corrected chi connectivity index (χ3v) is 15.3. The second-order valence-corrected chi connectivity index (χ2v) is 20.2. The van der Waals surface area contributed by atoms with Gasteiger partial charge in [0.15, 0.2) is 0 Å². The van der Waals surface area contributed by atoms with Gasteiger partial charge in [0.1, 0.15) is 0 Å². The fourth-order valence-corrected chi connectivity index (χ4v) is 13.1. The van der Waals surface area contributed by atoms with Gasteiger partial charge in [-0.05, 0) is 70.5 Å². The molecular weight excluding hydrogens is 386 g/mol. The summed E-state index contributed by atoms with van der Waals surface area (Å²) in [7, 11) is 0.471. The maximum Gasteiger partial charge on any atom is -0.0156 e. The third-order valence-electron chi connectivity index (χ3n) is 6.73. The minimum Gasteiger partial charge on any atom is -0.0975 e. The Morgan fingerprint density at radius 3 is 0.931 bits per heavy atom. The number of hydrogen-bond acceptors (Lipinski definition) is 0. The molecule has 0 N–H and O–H groups in total. The van der Waals surface area contributed by atoms with E-state index in [-0.39, 0.29) is 23.3 Å². The largest absolute Gasteiger partial charge is 0.0975 e. The van der Waals surface area contributed by atoms with Crippen molar-refractivity contribution in [3.05, 3.63) is 0 Å². The number of rotatable bonds is 0. The van der Waals surface area contributed by atoms with E-state index >= 15 is 0 Å². The Labute approximate surface area is 189 Å². The monoisotopic (exact) mass is 444 g/mol. The minimum absolute atomic E-state index is 0. The van der Waals surface area contributed by atoms with Crippen LogP contribution in [-0.4, -0.2) is 34.0 Å². The van der Waals surface area contributed by atoms with Crippen molar-refractivity contribution in [3.8, 4) is 0 Å². The van der Waals surface area contributed by atoms with E-state index in [2.05, 4.69) is 83.1 Å². The van der Waals surface area contributed by atoms with Crippen molar-refractivity contribution in [1.29, 1.82) is 0 Å². The van der Waals surface area contributed by atoms with Crippen LogP contribution in [0.3, 0.4) is 0 Å². The highest BCUT2D eigenvalue weighted by Crippen LogP contribution is 2.63. The molecule has 0 spiro atoms. The molecule has 2 aliphatic rings. The fourth-order valence-electron chi connectivity index (χ4n) is 5.27. The van der Waals surface area contributed by atoms with E-state index in [1.165, 1.54) is 50.8 Å². The Kier molecular flexibility index (Phi) is 11.5. The minimum atomic E-state index is 0. The topological polar surface area (TPSA) is 0 Å². The molecule has 2 heteroatoms. The van der Waals surface area contributed by atoms with Crippen molar-refractivity contribution < 1.29 is 0 Å². The van der Waals surface area contributed by atoms with Gasteiger partial charge in [-0.2, -0.15) is 0 Å². The van der Waals surface area contributed by atoms with Crippen molar-refractivity contribution in [2.24, 2.45) is 10.8 Å². The molecule has 0 amide bonds. The lowest BCUT2D eigenvalue weighted by atomic mass is 9.88. The predicted molar refractivity (Wildman–Crippen MR) is 144 cm³/mol. The zero-order valence-electron chi connectivity index (χ0n) is 21.7. The SMILES string of the molecule is C.CC(C)(C)C1CCCCP1C(C)(C)C.CC(C)(C)C1CCCCP1C(C)(C)C. The van der Waals surface area contributed by atoms with Gasteiger partial charge in [0.2, 0.25) is 0 Å². The molecule has 2 saturated heterocycles. The first kappa shape index (κ1) is 29.9. The van der Waals surface area contributed by atoms with Crippen LogP contribution in [0.4, 0.5) is 0 Å². The first-order valence-corrected chi connectivity index (χ1v) is 15.2. The van der Waals surface area contributed by atoms with Crippen LogP contribution in [0.15, 0.2) is 0 Å². The quantitative estimate of drug-likeness (QED) is 0.326. The van der Waals surface area contributed by atoms with E-state index in [4.69, 9.17) is 0 Å². The summed E-state index contributed by atoms with van der Waals surface area (Å²) in [5.74, 6) is 0. The molecule has 2 heterocycles. The van der Waals surface area contributed by atoms with Crippen LogP contribution in [0.5, 0.6) is 0 Å². The molecule has 0 saturated carbocycles. The molecule has 4 unspecified atom stereocenters. The van der Waals surface area contributed by atoms with Gasteiger partial charge in [0, 0.05) is 0 Å². The van der Waals surface area contributed by atoms with Gasteiger partial charge in [0.05, 0.1) is 0 Å². The van der Waals surface area contributed by atoms with Crippen molar-refractivity contribution >= 4 is 15.8 Å². The molecule has 2 aliphatic heterocycles. The summed E-state index contributed by atoms with van der Waals surface area (Å²) in [5, 5.41) is 1.13. The Balaban J connectivity index is 0.000000523. The van der Waals surface area contributed by atoms with Gasteiger partial charge < -0.3 is 0 Å². The molecule has 2 rings (SSSR count). The molecule has 2 fully saturated rings. The smallest absolute Gasteiger partial charge is 0.0156 e. The van der Waals surface area contributed by atoms with Gasteiger partial charge in [-0.1, -0.05) is 119 Å². The Bertz CT molecular complexity index is 365. The van der Waals surface area contributed by atoms with Crippen molar-refractivity contribution in [3.63, 3.8) is 0 Å². The fraction of sp³-hybridized carbons (Fsp3) is 1.00. The van der Waals surface area contributed by atoms with E-state index in [9.17, 15) is 0 Å². The number of hydrogen-bond donors (Lipinski definition) is 0. The summed E-state index contributed by atoms with van der Waals surface area (Å²) in [6.07, 6.45) is 11.9. The van der Waals surface area contributed by atoms with Crippen molar-refractivity contribution in [2.45, 2.75) is 151 Å². The lowest BCUT2D eigenvalue weighted by Crippen LogP contribution is -2.34. The van der Waals surface area contributed by atoms with Crippen LogP contribution in [0.2, 0.25) is 0 Å². The first-order chi connectivity index (χ1) is 12.5. The summed E-state index contributed by atoms with van der Waals surface area (Å²) in [6, 6.07) is 0. The molecule has 0 aliphatic carbocycles. The summed E-state index contributed by atoms with van der Waals surface area (Å²) >= 11 is 0. The molecule has 0 bridgehead atoms. The average molecular weight is 445 g/mol. The van der Waals surface area contributed by atoms with Gasteiger partial charge >= 0.3 is 0 Å². The molecule has 0 aromatic carbocycles. The van der Waals surface area contributed by atoms with Crippen LogP contribution >= 0.6 is 15.8 Å².